The normalized spacial score (nSPS) is 15.1. The van der Waals surface area contributed by atoms with Crippen molar-refractivity contribution in [2.75, 3.05) is 25.4 Å². The van der Waals surface area contributed by atoms with Crippen LogP contribution in [0.2, 0.25) is 0 Å². The first-order valence-corrected chi connectivity index (χ1v) is 12.3. The van der Waals surface area contributed by atoms with Gasteiger partial charge in [-0.3, -0.25) is 0 Å². The number of aliphatic carboxylic acids is 1. The van der Waals surface area contributed by atoms with Crippen molar-refractivity contribution in [3.8, 4) is 22.8 Å². The van der Waals surface area contributed by atoms with Gasteiger partial charge in [-0.15, -0.1) is 0 Å². The predicted octanol–water partition coefficient (Wildman–Crippen LogP) is 4.16. The van der Waals surface area contributed by atoms with E-state index in [-0.39, 0.29) is 47.3 Å². The summed E-state index contributed by atoms with van der Waals surface area (Å²) in [5.74, 6) is -10.9. The zero-order valence-corrected chi connectivity index (χ0v) is 21.3. The number of amides is 2. The number of carbonyl (C=O) groups excluding carboxylic acids is 1. The zero-order chi connectivity index (χ0) is 30.1. The van der Waals surface area contributed by atoms with Crippen LogP contribution in [0.5, 0.6) is 11.5 Å². The van der Waals surface area contributed by atoms with Crippen molar-refractivity contribution >= 4 is 28.9 Å². The number of ether oxygens (including phenoxy) is 1. The molecular formula is C26H20F5N7O4. The Morgan fingerprint density at radius 2 is 1.83 bits per heavy atom. The highest BCUT2D eigenvalue weighted by Crippen LogP contribution is 2.37. The number of fused-ring (bicyclic) bond motifs is 1. The number of benzene rings is 2. The van der Waals surface area contributed by atoms with Crippen LogP contribution >= 0.6 is 0 Å². The van der Waals surface area contributed by atoms with Gasteiger partial charge in [-0.05, 0) is 18.6 Å². The summed E-state index contributed by atoms with van der Waals surface area (Å²) >= 11 is 0. The average Bonchev–Trinajstić information content (AvgIpc) is 3.58. The molecule has 3 heterocycles. The Kier molecular flexibility index (Phi) is 7.60. The Labute approximate surface area is 233 Å². The number of carbonyl (C=O) groups is 2. The second-order valence-corrected chi connectivity index (χ2v) is 9.11. The molecule has 1 atom stereocenters. The van der Waals surface area contributed by atoms with E-state index in [1.807, 2.05) is 0 Å². The first-order valence-electron chi connectivity index (χ1n) is 12.3. The highest BCUT2D eigenvalue weighted by atomic mass is 19.2. The number of hydrogen-bond acceptors (Lipinski definition) is 7. The van der Waals surface area contributed by atoms with E-state index in [4.69, 9.17) is 15.6 Å². The number of nitrogen functional groups attached to an aromatic ring is 1. The second kappa shape index (κ2) is 11.3. The predicted molar refractivity (Wildman–Crippen MR) is 137 cm³/mol. The van der Waals surface area contributed by atoms with Crippen LogP contribution < -0.4 is 15.8 Å². The van der Waals surface area contributed by atoms with Crippen LogP contribution in [0.4, 0.5) is 32.6 Å². The van der Waals surface area contributed by atoms with E-state index in [2.05, 4.69) is 20.4 Å². The van der Waals surface area contributed by atoms with Crippen molar-refractivity contribution in [2.24, 2.45) is 0 Å². The molecule has 1 aliphatic rings. The Bertz CT molecular complexity index is 1720. The minimum absolute atomic E-state index is 0.0112. The highest BCUT2D eigenvalue weighted by Gasteiger charge is 2.31. The summed E-state index contributed by atoms with van der Waals surface area (Å²) in [6.07, 6.45) is 3.84. The number of anilines is 1. The lowest BCUT2D eigenvalue weighted by Gasteiger charge is -2.17. The highest BCUT2D eigenvalue weighted by molar-refractivity contribution is 5.98. The largest absolute Gasteiger partial charge is 0.478 e. The molecule has 0 saturated carbocycles. The fourth-order valence-corrected chi connectivity index (χ4v) is 4.49. The number of nitrogens with one attached hydrogen (secondary N) is 1. The second-order valence-electron chi connectivity index (χ2n) is 9.11. The van der Waals surface area contributed by atoms with Gasteiger partial charge in [-0.25, -0.2) is 37.4 Å². The molecule has 5 rings (SSSR count). The lowest BCUT2D eigenvalue weighted by Crippen LogP contribution is -2.38. The van der Waals surface area contributed by atoms with E-state index in [1.54, 1.807) is 0 Å². The van der Waals surface area contributed by atoms with Crippen LogP contribution in [0.25, 0.3) is 22.3 Å². The van der Waals surface area contributed by atoms with Gasteiger partial charge < -0.3 is 25.8 Å². The van der Waals surface area contributed by atoms with Gasteiger partial charge >= 0.3 is 12.0 Å². The molecule has 2 aromatic heterocycles. The number of carboxylic acids is 1. The molecule has 0 unspecified atom stereocenters. The molecule has 0 aliphatic carbocycles. The molecule has 0 bridgehead atoms. The van der Waals surface area contributed by atoms with Gasteiger partial charge in [-0.1, -0.05) is 6.08 Å². The van der Waals surface area contributed by atoms with Crippen molar-refractivity contribution in [1.82, 2.24) is 30.0 Å². The smallest absolute Gasteiger partial charge is 0.328 e. The molecule has 11 nitrogen and oxygen atoms in total. The third kappa shape index (κ3) is 5.37. The molecule has 4 aromatic rings. The van der Waals surface area contributed by atoms with Crippen LogP contribution in [-0.2, 0) is 4.79 Å². The first kappa shape index (κ1) is 28.3. The minimum atomic E-state index is -1.79. The number of likely N-dealkylation sites (tertiary alicyclic amines) is 1. The van der Waals surface area contributed by atoms with Gasteiger partial charge in [0.2, 0.25) is 17.4 Å². The van der Waals surface area contributed by atoms with E-state index in [1.165, 1.54) is 28.1 Å². The molecule has 2 amide bonds. The lowest BCUT2D eigenvalue weighted by molar-refractivity contribution is -0.131. The molecule has 1 aliphatic heterocycles. The minimum Gasteiger partial charge on any atom is -0.478 e. The average molecular weight is 589 g/mol. The maximum absolute atomic E-state index is 15.4. The van der Waals surface area contributed by atoms with Crippen molar-refractivity contribution in [1.29, 1.82) is 0 Å². The van der Waals surface area contributed by atoms with Gasteiger partial charge in [0, 0.05) is 43.4 Å². The van der Waals surface area contributed by atoms with Gasteiger partial charge in [0.25, 0.3) is 0 Å². The van der Waals surface area contributed by atoms with E-state index in [0.717, 1.165) is 18.2 Å². The molecule has 16 heteroatoms. The molecule has 2 aromatic carbocycles. The number of aromatic nitrogens is 4. The SMILES string of the molecule is Nc1ncnc2c1c(-c1ccc(Oc3c(F)c(F)cc(F)c3F)cc1F)nn2[C@@H]1CCN(C(=O)NCC=CC(=O)O)C1. The molecule has 0 radical (unpaired) electrons. The van der Waals surface area contributed by atoms with Crippen molar-refractivity contribution in [3.05, 3.63) is 71.8 Å². The van der Waals surface area contributed by atoms with E-state index in [0.29, 0.717) is 13.0 Å². The van der Waals surface area contributed by atoms with E-state index >= 15 is 4.39 Å². The molecule has 0 spiro atoms. The molecule has 218 valence electrons. The summed E-state index contributed by atoms with van der Waals surface area (Å²) in [5.41, 5.74) is 6.26. The Balaban J connectivity index is 1.43. The van der Waals surface area contributed by atoms with Crippen molar-refractivity contribution in [3.63, 3.8) is 0 Å². The Morgan fingerprint density at radius 1 is 1.10 bits per heavy atom. The maximum atomic E-state index is 15.4. The Morgan fingerprint density at radius 3 is 2.52 bits per heavy atom. The zero-order valence-electron chi connectivity index (χ0n) is 21.3. The summed E-state index contributed by atoms with van der Waals surface area (Å²) in [6, 6.07) is 2.24. The first-order chi connectivity index (χ1) is 20.0. The number of halogens is 5. The van der Waals surface area contributed by atoms with E-state index in [9.17, 15) is 27.2 Å². The van der Waals surface area contributed by atoms with Crippen molar-refractivity contribution < 1.29 is 41.4 Å². The van der Waals surface area contributed by atoms with Crippen LogP contribution in [0, 0.1) is 29.1 Å². The van der Waals surface area contributed by atoms with Gasteiger partial charge in [0.05, 0.1) is 11.4 Å². The number of nitrogens with zero attached hydrogens (tertiary/aromatic N) is 5. The number of rotatable bonds is 7. The molecule has 1 saturated heterocycles. The monoisotopic (exact) mass is 589 g/mol. The number of hydrogen-bond donors (Lipinski definition) is 3. The third-order valence-electron chi connectivity index (χ3n) is 6.43. The van der Waals surface area contributed by atoms with Gasteiger partial charge in [-0.2, -0.15) is 13.9 Å². The van der Waals surface area contributed by atoms with Crippen LogP contribution in [0.3, 0.4) is 0 Å². The third-order valence-corrected chi connectivity index (χ3v) is 6.43. The fraction of sp³-hybridized carbons (Fsp3) is 0.192. The number of nitrogens with two attached hydrogens (primary N) is 1. The summed E-state index contributed by atoms with van der Waals surface area (Å²) < 4.78 is 76.9. The molecular weight excluding hydrogens is 569 g/mol. The number of carboxylic acid groups (broad SMARTS) is 1. The van der Waals surface area contributed by atoms with Gasteiger partial charge in [0.1, 0.15) is 29.4 Å². The van der Waals surface area contributed by atoms with Gasteiger partial charge in [0.15, 0.2) is 17.3 Å². The van der Waals surface area contributed by atoms with Crippen molar-refractivity contribution in [2.45, 2.75) is 12.5 Å². The summed E-state index contributed by atoms with van der Waals surface area (Å²) in [7, 11) is 0. The maximum Gasteiger partial charge on any atom is 0.328 e. The topological polar surface area (TPSA) is 148 Å². The fourth-order valence-electron chi connectivity index (χ4n) is 4.49. The van der Waals surface area contributed by atoms with Crippen LogP contribution in [-0.4, -0.2) is 61.4 Å². The van der Waals surface area contributed by atoms with E-state index < -0.39 is 58.6 Å². The van der Waals surface area contributed by atoms with Crippen LogP contribution in [0.1, 0.15) is 12.5 Å². The van der Waals surface area contributed by atoms with Crippen LogP contribution in [0.15, 0.2) is 42.7 Å². The quantitative estimate of drug-likeness (QED) is 0.165. The molecule has 4 N–H and O–H groups in total. The summed E-state index contributed by atoms with van der Waals surface area (Å²) in [6.45, 7) is 0.549. The Hall–Kier alpha value is -5.28. The summed E-state index contributed by atoms with van der Waals surface area (Å²) in [4.78, 5) is 32.8. The summed E-state index contributed by atoms with van der Waals surface area (Å²) in [5, 5.41) is 16.0. The molecule has 42 heavy (non-hydrogen) atoms. The lowest BCUT2D eigenvalue weighted by atomic mass is 10.1. The number of urea groups is 1. The standard InChI is InChI=1S/C26H20F5N7O4/c27-15-8-13(42-23-20(30)16(28)9-17(29)21(23)31)3-4-14(15)22-19-24(32)34-11-35-25(19)38(36-22)12-5-7-37(10-12)26(41)33-6-1-2-18(39)40/h1-4,8-9,11-12H,5-7,10H2,(H,33,41)(H,39,40)(H2,32,34,35)/t12-/m1/s1. The molecule has 1 fully saturated rings.